The zero-order valence-corrected chi connectivity index (χ0v) is 14.5. The maximum absolute atomic E-state index is 12.8. The average Bonchev–Trinajstić information content (AvgIpc) is 2.59. The quantitative estimate of drug-likeness (QED) is 0.447. The highest BCUT2D eigenvalue weighted by Crippen LogP contribution is 2.25. The van der Waals surface area contributed by atoms with Crippen LogP contribution in [0.15, 0.2) is 54.2 Å². The third kappa shape index (κ3) is 5.79. The number of halogens is 3. The summed E-state index contributed by atoms with van der Waals surface area (Å²) in [5.41, 5.74) is 1.21. The molecule has 0 spiro atoms. The van der Waals surface area contributed by atoms with Crippen LogP contribution in [-0.4, -0.2) is 12.5 Å². The van der Waals surface area contributed by atoms with Crippen molar-refractivity contribution in [2.75, 3.05) is 11.9 Å². The highest BCUT2D eigenvalue weighted by atomic mass is 35.5. The number of anilines is 1. The monoisotopic (exact) mass is 377 g/mol. The number of benzene rings is 2. The number of carbonyl (C=O) groups is 1. The minimum absolute atomic E-state index is 0.0925. The summed E-state index contributed by atoms with van der Waals surface area (Å²) >= 11 is 11.8. The first-order valence-electron chi connectivity index (χ1n) is 7.34. The summed E-state index contributed by atoms with van der Waals surface area (Å²) in [4.78, 5) is 12.1. The van der Waals surface area contributed by atoms with Crippen LogP contribution in [0.25, 0.3) is 0 Å². The molecule has 0 saturated carbocycles. The summed E-state index contributed by atoms with van der Waals surface area (Å²) in [5.74, 6) is -0.873. The molecule has 2 aromatic carbocycles. The van der Waals surface area contributed by atoms with Crippen molar-refractivity contribution in [1.29, 1.82) is 5.26 Å². The van der Waals surface area contributed by atoms with E-state index in [1.54, 1.807) is 24.3 Å². The molecule has 0 unspecified atom stereocenters. The predicted molar refractivity (Wildman–Crippen MR) is 96.9 cm³/mol. The van der Waals surface area contributed by atoms with Gasteiger partial charge >= 0.3 is 0 Å². The summed E-state index contributed by atoms with van der Waals surface area (Å²) in [6.07, 6.45) is 1.96. The first-order valence-corrected chi connectivity index (χ1v) is 8.09. The summed E-state index contributed by atoms with van der Waals surface area (Å²) in [7, 11) is 0. The van der Waals surface area contributed by atoms with Gasteiger partial charge in [-0.05, 0) is 42.3 Å². The Balaban J connectivity index is 1.91. The number of amides is 1. The van der Waals surface area contributed by atoms with Crippen molar-refractivity contribution in [3.63, 3.8) is 0 Å². The molecule has 0 atom stereocenters. The topological polar surface area (TPSA) is 64.9 Å². The van der Waals surface area contributed by atoms with E-state index in [1.165, 1.54) is 24.4 Å². The molecule has 0 heterocycles. The lowest BCUT2D eigenvalue weighted by Gasteiger charge is -2.07. The van der Waals surface area contributed by atoms with Gasteiger partial charge in [0.15, 0.2) is 0 Å². The Kier molecular flexibility index (Phi) is 6.81. The molecule has 2 rings (SSSR count). The molecule has 0 aromatic heterocycles. The molecule has 2 aromatic rings. The molecule has 25 heavy (non-hydrogen) atoms. The lowest BCUT2D eigenvalue weighted by Crippen LogP contribution is -2.18. The normalized spacial score (nSPS) is 10.9. The first-order chi connectivity index (χ1) is 12.0. The molecule has 0 aliphatic carbocycles. The zero-order valence-electron chi connectivity index (χ0n) is 13.0. The van der Waals surface area contributed by atoms with E-state index < -0.39 is 5.91 Å². The molecule has 128 valence electrons. The van der Waals surface area contributed by atoms with Gasteiger partial charge in [0.1, 0.15) is 17.5 Å². The van der Waals surface area contributed by atoms with E-state index in [0.717, 1.165) is 5.56 Å². The fraction of sp³-hybridized carbons (Fsp3) is 0.111. The van der Waals surface area contributed by atoms with E-state index >= 15 is 0 Å². The highest BCUT2D eigenvalue weighted by Gasteiger charge is 2.11. The van der Waals surface area contributed by atoms with Crippen molar-refractivity contribution in [2.45, 2.75) is 6.42 Å². The Morgan fingerprint density at radius 2 is 1.92 bits per heavy atom. The van der Waals surface area contributed by atoms with Gasteiger partial charge in [0.25, 0.3) is 5.91 Å². The van der Waals surface area contributed by atoms with Crippen molar-refractivity contribution in [3.05, 3.63) is 75.7 Å². The van der Waals surface area contributed by atoms with Crippen LogP contribution in [0.2, 0.25) is 10.0 Å². The highest BCUT2D eigenvalue weighted by molar-refractivity contribution is 6.36. The van der Waals surface area contributed by atoms with Crippen LogP contribution < -0.4 is 10.6 Å². The van der Waals surface area contributed by atoms with Gasteiger partial charge < -0.3 is 10.6 Å². The van der Waals surface area contributed by atoms with Gasteiger partial charge in [0.05, 0.1) is 10.7 Å². The molecule has 0 fully saturated rings. The van der Waals surface area contributed by atoms with Crippen molar-refractivity contribution >= 4 is 34.8 Å². The second kappa shape index (κ2) is 9.07. The number of nitriles is 1. The summed E-state index contributed by atoms with van der Waals surface area (Å²) in [6.45, 7) is 0.492. The van der Waals surface area contributed by atoms with Crippen LogP contribution in [0.5, 0.6) is 0 Å². The molecule has 0 aliphatic heterocycles. The molecule has 4 nitrogen and oxygen atoms in total. The van der Waals surface area contributed by atoms with Gasteiger partial charge in [-0.1, -0.05) is 35.3 Å². The summed E-state index contributed by atoms with van der Waals surface area (Å²) in [5, 5.41) is 15.3. The van der Waals surface area contributed by atoms with Gasteiger partial charge in [0.2, 0.25) is 0 Å². The first kappa shape index (κ1) is 18.8. The van der Waals surface area contributed by atoms with Gasteiger partial charge in [-0.2, -0.15) is 5.26 Å². The Morgan fingerprint density at radius 1 is 1.20 bits per heavy atom. The smallest absolute Gasteiger partial charge is 0.267 e. The molecule has 0 aliphatic rings. The minimum atomic E-state index is -0.582. The van der Waals surface area contributed by atoms with Gasteiger partial charge in [-0.25, -0.2) is 4.39 Å². The van der Waals surface area contributed by atoms with Crippen molar-refractivity contribution in [1.82, 2.24) is 5.32 Å². The van der Waals surface area contributed by atoms with Crippen LogP contribution in [0, 0.1) is 17.1 Å². The Hall–Kier alpha value is -2.55. The second-order valence-electron chi connectivity index (χ2n) is 5.08. The minimum Gasteiger partial charge on any atom is -0.389 e. The second-order valence-corrected chi connectivity index (χ2v) is 5.92. The van der Waals surface area contributed by atoms with E-state index in [0.29, 0.717) is 23.7 Å². The van der Waals surface area contributed by atoms with Crippen molar-refractivity contribution in [3.8, 4) is 6.07 Å². The molecule has 0 radical (unpaired) electrons. The maximum atomic E-state index is 12.8. The van der Waals surface area contributed by atoms with Crippen molar-refractivity contribution in [2.24, 2.45) is 0 Å². The van der Waals surface area contributed by atoms with Crippen LogP contribution in [0.4, 0.5) is 10.1 Å². The lowest BCUT2D eigenvalue weighted by atomic mass is 10.1. The fourth-order valence-corrected chi connectivity index (χ4v) is 2.43. The van der Waals surface area contributed by atoms with E-state index in [2.05, 4.69) is 10.6 Å². The fourth-order valence-electron chi connectivity index (χ4n) is 1.97. The van der Waals surface area contributed by atoms with Gasteiger partial charge in [-0.3, -0.25) is 4.79 Å². The van der Waals surface area contributed by atoms with E-state index in [4.69, 9.17) is 28.5 Å². The van der Waals surface area contributed by atoms with Crippen LogP contribution in [0.3, 0.4) is 0 Å². The SMILES string of the molecule is N#C/C(=C/NCCc1ccc(F)cc1)C(=O)Nc1ccc(Cl)cc1Cl. The molecule has 1 amide bonds. The van der Waals surface area contributed by atoms with E-state index in [1.807, 2.05) is 6.07 Å². The van der Waals surface area contributed by atoms with E-state index in [-0.39, 0.29) is 16.4 Å². The lowest BCUT2D eigenvalue weighted by molar-refractivity contribution is -0.112. The van der Waals surface area contributed by atoms with Crippen LogP contribution in [0.1, 0.15) is 5.56 Å². The molecule has 0 bridgehead atoms. The van der Waals surface area contributed by atoms with Gasteiger partial charge in [0, 0.05) is 17.8 Å². The molecule has 7 heteroatoms. The Morgan fingerprint density at radius 3 is 2.56 bits per heavy atom. The Bertz CT molecular complexity index is 829. The average molecular weight is 378 g/mol. The molecule has 2 N–H and O–H groups in total. The van der Waals surface area contributed by atoms with Crippen LogP contribution >= 0.6 is 23.2 Å². The maximum Gasteiger partial charge on any atom is 0.267 e. The molecular weight excluding hydrogens is 364 g/mol. The number of carbonyl (C=O) groups excluding carboxylic acids is 1. The van der Waals surface area contributed by atoms with Crippen molar-refractivity contribution < 1.29 is 9.18 Å². The molecular formula is C18H14Cl2FN3O. The Labute approximate surface area is 154 Å². The summed E-state index contributed by atoms with van der Waals surface area (Å²) < 4.78 is 12.8. The number of nitrogens with one attached hydrogen (secondary N) is 2. The zero-order chi connectivity index (χ0) is 18.2. The van der Waals surface area contributed by atoms with E-state index in [9.17, 15) is 9.18 Å². The largest absolute Gasteiger partial charge is 0.389 e. The number of hydrogen-bond acceptors (Lipinski definition) is 3. The number of rotatable bonds is 6. The third-order valence-corrected chi connectivity index (χ3v) is 3.81. The molecule has 0 saturated heterocycles. The number of hydrogen-bond donors (Lipinski definition) is 2. The van der Waals surface area contributed by atoms with Gasteiger partial charge in [-0.15, -0.1) is 0 Å². The van der Waals surface area contributed by atoms with Crippen LogP contribution in [-0.2, 0) is 11.2 Å². The third-order valence-electron chi connectivity index (χ3n) is 3.26. The standard InChI is InChI=1S/C18H14Cl2FN3O/c19-14-3-6-17(16(20)9-14)24-18(25)13(10-22)11-23-8-7-12-1-4-15(21)5-2-12/h1-6,9,11,23H,7-8H2,(H,24,25)/b13-11-. The summed E-state index contributed by atoms with van der Waals surface area (Å²) in [6, 6.07) is 12.6. The number of nitrogens with zero attached hydrogens (tertiary/aromatic N) is 1. The predicted octanol–water partition coefficient (Wildman–Crippen LogP) is 4.31.